The van der Waals surface area contributed by atoms with Crippen LogP contribution in [0.15, 0.2) is 58.7 Å². The summed E-state index contributed by atoms with van der Waals surface area (Å²) in [6.07, 6.45) is 0. The van der Waals surface area contributed by atoms with Crippen molar-refractivity contribution >= 4 is 23.1 Å². The van der Waals surface area contributed by atoms with Crippen LogP contribution < -0.4 is 5.43 Å². The molecule has 2 heterocycles. The van der Waals surface area contributed by atoms with Gasteiger partial charge in [-0.05, 0) is 12.1 Å². The zero-order valence-corrected chi connectivity index (χ0v) is 12.3. The number of fused-ring (bicyclic) bond motifs is 3. The third kappa shape index (κ3) is 2.21. The van der Waals surface area contributed by atoms with Gasteiger partial charge in [0, 0.05) is 28.8 Å². The molecule has 1 amide bonds. The minimum Gasteiger partial charge on any atom is -0.271 e. The van der Waals surface area contributed by atoms with E-state index in [-0.39, 0.29) is 18.1 Å². The van der Waals surface area contributed by atoms with Gasteiger partial charge < -0.3 is 0 Å². The summed E-state index contributed by atoms with van der Waals surface area (Å²) in [7, 11) is 0. The van der Waals surface area contributed by atoms with E-state index in [9.17, 15) is 14.9 Å². The minimum atomic E-state index is -0.444. The van der Waals surface area contributed by atoms with E-state index >= 15 is 0 Å². The van der Waals surface area contributed by atoms with Crippen molar-refractivity contribution in [3.05, 3.63) is 75.3 Å². The van der Waals surface area contributed by atoms with Crippen molar-refractivity contribution in [3.63, 3.8) is 0 Å². The van der Waals surface area contributed by atoms with Gasteiger partial charge in [-0.3, -0.25) is 14.9 Å². The maximum atomic E-state index is 11.6. The molecule has 2 aromatic rings. The summed E-state index contributed by atoms with van der Waals surface area (Å²) in [4.78, 5) is 22.0. The van der Waals surface area contributed by atoms with E-state index in [0.29, 0.717) is 11.5 Å². The van der Waals surface area contributed by atoms with Crippen LogP contribution in [0.1, 0.15) is 16.7 Å². The second-order valence-electron chi connectivity index (χ2n) is 5.33. The first kappa shape index (κ1) is 14.1. The summed E-state index contributed by atoms with van der Waals surface area (Å²) < 4.78 is 0. The van der Waals surface area contributed by atoms with Crippen LogP contribution in [0, 0.1) is 10.1 Å². The van der Waals surface area contributed by atoms with Gasteiger partial charge >= 0.3 is 0 Å². The molecule has 0 radical (unpaired) electrons. The molecule has 0 unspecified atom stereocenters. The lowest BCUT2D eigenvalue weighted by atomic mass is 9.95. The normalized spacial score (nSPS) is 15.7. The molecule has 0 spiro atoms. The zero-order valence-electron chi connectivity index (χ0n) is 12.3. The van der Waals surface area contributed by atoms with Gasteiger partial charge in [0.05, 0.1) is 10.6 Å². The monoisotopic (exact) mass is 321 g/mol. The molecular formula is C16H11N5O3. The Balaban J connectivity index is 1.85. The topological polar surface area (TPSA) is 100 Å². The number of hydrazone groups is 2. The Bertz CT molecular complexity index is 918. The van der Waals surface area contributed by atoms with Gasteiger partial charge in [-0.25, -0.2) is 10.4 Å². The van der Waals surface area contributed by atoms with Gasteiger partial charge in [-0.15, -0.1) is 0 Å². The van der Waals surface area contributed by atoms with Gasteiger partial charge in [-0.2, -0.15) is 10.2 Å². The molecule has 0 aliphatic carbocycles. The molecule has 24 heavy (non-hydrogen) atoms. The van der Waals surface area contributed by atoms with E-state index in [1.165, 1.54) is 17.1 Å². The predicted molar refractivity (Wildman–Crippen MR) is 86.6 cm³/mol. The minimum absolute atomic E-state index is 0.0167. The molecule has 118 valence electrons. The lowest BCUT2D eigenvalue weighted by Gasteiger charge is -2.30. The largest absolute Gasteiger partial charge is 0.271 e. The van der Waals surface area contributed by atoms with Gasteiger partial charge in [0.2, 0.25) is 0 Å². The van der Waals surface area contributed by atoms with Crippen LogP contribution in [0.4, 0.5) is 5.69 Å². The first-order chi connectivity index (χ1) is 11.6. The highest BCUT2D eigenvalue weighted by molar-refractivity contribution is 6.22. The summed E-state index contributed by atoms with van der Waals surface area (Å²) in [5.74, 6) is 0.334. The molecule has 8 heteroatoms. The van der Waals surface area contributed by atoms with Crippen LogP contribution in [-0.2, 0) is 4.79 Å². The molecule has 4 rings (SSSR count). The van der Waals surface area contributed by atoms with Gasteiger partial charge in [0.25, 0.3) is 11.6 Å². The van der Waals surface area contributed by atoms with E-state index < -0.39 is 4.92 Å². The molecule has 8 nitrogen and oxygen atoms in total. The van der Waals surface area contributed by atoms with E-state index in [0.717, 1.165) is 16.7 Å². The Morgan fingerprint density at radius 3 is 2.50 bits per heavy atom. The van der Waals surface area contributed by atoms with Crippen LogP contribution in [0.25, 0.3) is 0 Å². The van der Waals surface area contributed by atoms with Gasteiger partial charge in [-0.1, -0.05) is 24.3 Å². The summed E-state index contributed by atoms with van der Waals surface area (Å²) in [6, 6.07) is 13.8. The third-order valence-electron chi connectivity index (χ3n) is 3.82. The number of amidine groups is 1. The highest BCUT2D eigenvalue weighted by Gasteiger charge is 2.30. The molecule has 2 aliphatic heterocycles. The number of carbonyl (C=O) groups excluding carboxylic acids is 1. The van der Waals surface area contributed by atoms with Crippen molar-refractivity contribution < 1.29 is 9.72 Å². The summed E-state index contributed by atoms with van der Waals surface area (Å²) in [5.41, 5.74) is 5.56. The number of nitrogens with zero attached hydrogens (tertiary/aromatic N) is 4. The fraction of sp³-hybridized carbons (Fsp3) is 0.0625. The van der Waals surface area contributed by atoms with Crippen LogP contribution >= 0.6 is 0 Å². The van der Waals surface area contributed by atoms with E-state index in [2.05, 4.69) is 15.6 Å². The Hall–Kier alpha value is -3.55. The Morgan fingerprint density at radius 2 is 1.79 bits per heavy atom. The lowest BCUT2D eigenvalue weighted by Crippen LogP contribution is -2.45. The quantitative estimate of drug-likeness (QED) is 0.668. The number of rotatable bonds is 2. The highest BCUT2D eigenvalue weighted by Crippen LogP contribution is 2.25. The van der Waals surface area contributed by atoms with E-state index in [4.69, 9.17) is 0 Å². The lowest BCUT2D eigenvalue weighted by molar-refractivity contribution is -0.384. The molecule has 0 atom stereocenters. The average molecular weight is 321 g/mol. The van der Waals surface area contributed by atoms with E-state index in [1.807, 2.05) is 24.3 Å². The molecule has 2 aliphatic rings. The van der Waals surface area contributed by atoms with Crippen LogP contribution in [0.5, 0.6) is 0 Å². The molecule has 0 saturated heterocycles. The number of hydrogen-bond donors (Lipinski definition) is 1. The van der Waals surface area contributed by atoms with Crippen molar-refractivity contribution in [2.45, 2.75) is 0 Å². The first-order valence-corrected chi connectivity index (χ1v) is 7.21. The molecular weight excluding hydrogens is 310 g/mol. The van der Waals surface area contributed by atoms with Gasteiger partial charge in [0.15, 0.2) is 5.84 Å². The fourth-order valence-electron chi connectivity index (χ4n) is 2.71. The summed E-state index contributed by atoms with van der Waals surface area (Å²) >= 11 is 0. The Morgan fingerprint density at radius 1 is 1.08 bits per heavy atom. The van der Waals surface area contributed by atoms with Gasteiger partial charge in [0.1, 0.15) is 6.54 Å². The third-order valence-corrected chi connectivity index (χ3v) is 3.82. The van der Waals surface area contributed by atoms with E-state index in [1.54, 1.807) is 12.1 Å². The molecule has 0 saturated carbocycles. The second kappa shape index (κ2) is 5.27. The fourth-order valence-corrected chi connectivity index (χ4v) is 2.71. The molecule has 1 N–H and O–H groups in total. The molecule has 0 bridgehead atoms. The first-order valence-electron chi connectivity index (χ1n) is 7.21. The second-order valence-corrected chi connectivity index (χ2v) is 5.33. The van der Waals surface area contributed by atoms with Crippen molar-refractivity contribution in [2.24, 2.45) is 10.2 Å². The number of nitrogens with one attached hydrogen (secondary N) is 1. The number of nitro benzene ring substituents is 1. The number of non-ortho nitro benzene ring substituents is 1. The highest BCUT2D eigenvalue weighted by atomic mass is 16.6. The maximum absolute atomic E-state index is 11.6. The maximum Gasteiger partial charge on any atom is 0.269 e. The number of carbonyl (C=O) groups is 1. The molecule has 2 aromatic carbocycles. The number of hydrogen-bond acceptors (Lipinski definition) is 6. The van der Waals surface area contributed by atoms with Crippen molar-refractivity contribution in [2.75, 3.05) is 6.54 Å². The predicted octanol–water partition coefficient (Wildman–Crippen LogP) is 1.45. The standard InChI is InChI=1S/C16H11N5O3/c22-14-9-20-16(18-17-14)13-4-2-1-3-12(13)15(19-20)10-5-7-11(8-6-10)21(23)24/h1-8H,9H2,(H,17,22). The van der Waals surface area contributed by atoms with Crippen molar-refractivity contribution in [1.29, 1.82) is 0 Å². The Kier molecular flexibility index (Phi) is 3.09. The molecule has 0 fully saturated rings. The zero-order chi connectivity index (χ0) is 16.7. The molecule has 0 aromatic heterocycles. The number of amides is 1. The average Bonchev–Trinajstić information content (AvgIpc) is 2.61. The van der Waals surface area contributed by atoms with Crippen LogP contribution in [0.2, 0.25) is 0 Å². The van der Waals surface area contributed by atoms with Crippen molar-refractivity contribution in [1.82, 2.24) is 10.4 Å². The SMILES string of the molecule is O=C1CN2N=C(c3ccc([N+](=O)[O-])cc3)c3ccccc3C2=NN1. The van der Waals surface area contributed by atoms with Crippen LogP contribution in [-0.4, -0.2) is 33.9 Å². The number of nitro groups is 1. The van der Waals surface area contributed by atoms with Crippen LogP contribution in [0.3, 0.4) is 0 Å². The smallest absolute Gasteiger partial charge is 0.269 e. The summed E-state index contributed by atoms with van der Waals surface area (Å²) in [5, 5.41) is 21.0. The number of benzene rings is 2. The summed E-state index contributed by atoms with van der Waals surface area (Å²) in [6.45, 7) is 0.0731. The Labute approximate surface area is 136 Å². The van der Waals surface area contributed by atoms with Crippen molar-refractivity contribution in [3.8, 4) is 0 Å².